The summed E-state index contributed by atoms with van der Waals surface area (Å²) in [6, 6.07) is 10.1. The Morgan fingerprint density at radius 1 is 1.27 bits per heavy atom. The zero-order chi connectivity index (χ0) is 16.3. The number of nitrogens with zero attached hydrogens (tertiary/aromatic N) is 2. The summed E-state index contributed by atoms with van der Waals surface area (Å²) in [5.74, 6) is -2.10. The van der Waals surface area contributed by atoms with Crippen molar-refractivity contribution in [1.82, 2.24) is 15.1 Å². The number of hydrogen-bond acceptors (Lipinski definition) is 3. The van der Waals surface area contributed by atoms with E-state index in [2.05, 4.69) is 10.4 Å². The van der Waals surface area contributed by atoms with Crippen molar-refractivity contribution >= 4 is 11.9 Å². The molecule has 2 rings (SSSR count). The summed E-state index contributed by atoms with van der Waals surface area (Å²) in [5, 5.41) is 16.2. The van der Waals surface area contributed by atoms with Gasteiger partial charge in [-0.25, -0.2) is 0 Å². The van der Waals surface area contributed by atoms with Gasteiger partial charge in [-0.15, -0.1) is 0 Å². The van der Waals surface area contributed by atoms with Crippen LogP contribution in [0.2, 0.25) is 0 Å². The number of aliphatic carboxylic acids is 1. The van der Waals surface area contributed by atoms with Gasteiger partial charge >= 0.3 is 5.97 Å². The van der Waals surface area contributed by atoms with Crippen molar-refractivity contribution < 1.29 is 14.7 Å². The fourth-order valence-corrected chi connectivity index (χ4v) is 2.19. The highest BCUT2D eigenvalue weighted by Gasteiger charge is 2.27. The van der Waals surface area contributed by atoms with Crippen LogP contribution in [0.5, 0.6) is 0 Å². The van der Waals surface area contributed by atoms with Crippen LogP contribution in [0.3, 0.4) is 0 Å². The van der Waals surface area contributed by atoms with E-state index in [1.165, 1.54) is 0 Å². The maximum Gasteiger partial charge on any atom is 0.308 e. The molecule has 2 unspecified atom stereocenters. The first kappa shape index (κ1) is 15.8. The van der Waals surface area contributed by atoms with Gasteiger partial charge in [0.1, 0.15) is 5.69 Å². The summed E-state index contributed by atoms with van der Waals surface area (Å²) in [5.41, 5.74) is 1.88. The van der Waals surface area contributed by atoms with Crippen molar-refractivity contribution in [2.24, 2.45) is 13.0 Å². The number of carboxylic acid groups (broad SMARTS) is 1. The van der Waals surface area contributed by atoms with E-state index >= 15 is 0 Å². The number of carbonyl (C=O) groups excluding carboxylic acids is 1. The molecule has 0 fully saturated rings. The third-order valence-electron chi connectivity index (χ3n) is 3.68. The first-order chi connectivity index (χ1) is 10.4. The van der Waals surface area contributed by atoms with Crippen LogP contribution in [0.4, 0.5) is 0 Å². The standard InChI is InChI=1S/C16H19N3O3/c1-10-9-13(18-19(10)3)15(20)17-14(11(2)16(21)22)12-7-5-4-6-8-12/h4-9,11,14H,1-3H3,(H,17,20)(H,21,22). The van der Waals surface area contributed by atoms with Crippen molar-refractivity contribution in [2.45, 2.75) is 19.9 Å². The lowest BCUT2D eigenvalue weighted by Gasteiger charge is -2.22. The highest BCUT2D eigenvalue weighted by Crippen LogP contribution is 2.22. The van der Waals surface area contributed by atoms with Crippen molar-refractivity contribution in [1.29, 1.82) is 0 Å². The lowest BCUT2D eigenvalue weighted by atomic mass is 9.94. The van der Waals surface area contributed by atoms with E-state index < -0.39 is 17.9 Å². The fourth-order valence-electron chi connectivity index (χ4n) is 2.19. The van der Waals surface area contributed by atoms with Gasteiger partial charge in [0.2, 0.25) is 0 Å². The molecule has 0 aliphatic carbocycles. The number of carbonyl (C=O) groups is 2. The first-order valence-electron chi connectivity index (χ1n) is 6.99. The van der Waals surface area contributed by atoms with E-state index in [1.807, 2.05) is 25.1 Å². The van der Waals surface area contributed by atoms with E-state index in [1.54, 1.807) is 36.9 Å². The van der Waals surface area contributed by atoms with Gasteiger partial charge in [-0.2, -0.15) is 5.10 Å². The number of benzene rings is 1. The molecule has 22 heavy (non-hydrogen) atoms. The van der Waals surface area contributed by atoms with Crippen molar-refractivity contribution in [2.75, 3.05) is 0 Å². The van der Waals surface area contributed by atoms with Crippen LogP contribution in [0, 0.1) is 12.8 Å². The third kappa shape index (κ3) is 3.33. The Morgan fingerprint density at radius 3 is 2.41 bits per heavy atom. The van der Waals surface area contributed by atoms with E-state index in [4.69, 9.17) is 0 Å². The number of carboxylic acids is 1. The van der Waals surface area contributed by atoms with Gasteiger partial charge in [-0.1, -0.05) is 30.3 Å². The number of aromatic nitrogens is 2. The van der Waals surface area contributed by atoms with Gasteiger partial charge in [0, 0.05) is 12.7 Å². The molecule has 6 nitrogen and oxygen atoms in total. The number of hydrogen-bond donors (Lipinski definition) is 2. The van der Waals surface area contributed by atoms with Crippen molar-refractivity contribution in [3.63, 3.8) is 0 Å². The molecule has 2 atom stereocenters. The second kappa shape index (κ2) is 6.43. The number of amides is 1. The molecular formula is C16H19N3O3. The lowest BCUT2D eigenvalue weighted by molar-refractivity contribution is -0.142. The molecule has 0 aliphatic heterocycles. The maximum atomic E-state index is 12.3. The zero-order valence-corrected chi connectivity index (χ0v) is 12.8. The highest BCUT2D eigenvalue weighted by molar-refractivity contribution is 5.93. The van der Waals surface area contributed by atoms with Crippen LogP contribution >= 0.6 is 0 Å². The highest BCUT2D eigenvalue weighted by atomic mass is 16.4. The van der Waals surface area contributed by atoms with Crippen LogP contribution < -0.4 is 5.32 Å². The fraction of sp³-hybridized carbons (Fsp3) is 0.312. The van der Waals surface area contributed by atoms with Gasteiger partial charge < -0.3 is 10.4 Å². The van der Waals surface area contributed by atoms with Gasteiger partial charge in [0.05, 0.1) is 12.0 Å². The minimum Gasteiger partial charge on any atom is -0.481 e. The SMILES string of the molecule is Cc1cc(C(=O)NC(c2ccccc2)C(C)C(=O)O)nn1C. The summed E-state index contributed by atoms with van der Waals surface area (Å²) >= 11 is 0. The van der Waals surface area contributed by atoms with E-state index in [-0.39, 0.29) is 11.6 Å². The molecule has 1 amide bonds. The molecule has 116 valence electrons. The van der Waals surface area contributed by atoms with Crippen LogP contribution in [0.15, 0.2) is 36.4 Å². The van der Waals surface area contributed by atoms with Crippen molar-refractivity contribution in [3.05, 3.63) is 53.3 Å². The lowest BCUT2D eigenvalue weighted by Crippen LogP contribution is -2.35. The van der Waals surface area contributed by atoms with Gasteiger partial charge in [0.15, 0.2) is 0 Å². The molecular weight excluding hydrogens is 282 g/mol. The maximum absolute atomic E-state index is 12.3. The second-order valence-corrected chi connectivity index (χ2v) is 5.28. The van der Waals surface area contributed by atoms with Gasteiger partial charge in [-0.3, -0.25) is 14.3 Å². The summed E-state index contributed by atoms with van der Waals surface area (Å²) in [7, 11) is 1.75. The molecule has 2 aromatic rings. The zero-order valence-electron chi connectivity index (χ0n) is 12.8. The monoisotopic (exact) mass is 301 g/mol. The number of nitrogens with one attached hydrogen (secondary N) is 1. The quantitative estimate of drug-likeness (QED) is 0.883. The molecule has 0 saturated heterocycles. The topological polar surface area (TPSA) is 84.2 Å². The summed E-state index contributed by atoms with van der Waals surface area (Å²) in [6.45, 7) is 3.42. The minimum absolute atomic E-state index is 0.276. The Kier molecular flexibility index (Phi) is 4.60. The Labute approximate surface area is 128 Å². The van der Waals surface area contributed by atoms with E-state index in [0.717, 1.165) is 11.3 Å². The van der Waals surface area contributed by atoms with Crippen LogP contribution in [-0.2, 0) is 11.8 Å². The molecule has 0 spiro atoms. The molecule has 1 aromatic heterocycles. The molecule has 2 N–H and O–H groups in total. The average molecular weight is 301 g/mol. The predicted octanol–water partition coefficient (Wildman–Crippen LogP) is 1.92. The van der Waals surface area contributed by atoms with Gasteiger partial charge in [0.25, 0.3) is 5.91 Å². The summed E-state index contributed by atoms with van der Waals surface area (Å²) < 4.78 is 1.60. The van der Waals surface area contributed by atoms with Crippen LogP contribution in [0.1, 0.15) is 34.7 Å². The normalized spacial score (nSPS) is 13.4. The van der Waals surface area contributed by atoms with E-state index in [0.29, 0.717) is 0 Å². The Bertz CT molecular complexity index is 660. The smallest absolute Gasteiger partial charge is 0.308 e. The molecule has 0 aliphatic rings. The molecule has 6 heteroatoms. The van der Waals surface area contributed by atoms with Crippen LogP contribution in [0.25, 0.3) is 0 Å². The van der Waals surface area contributed by atoms with Crippen molar-refractivity contribution in [3.8, 4) is 0 Å². The summed E-state index contributed by atoms with van der Waals surface area (Å²) in [6.07, 6.45) is 0. The van der Waals surface area contributed by atoms with E-state index in [9.17, 15) is 14.7 Å². The Balaban J connectivity index is 2.26. The molecule has 0 bridgehead atoms. The first-order valence-corrected chi connectivity index (χ1v) is 6.99. The number of rotatable bonds is 5. The molecule has 1 heterocycles. The molecule has 1 aromatic carbocycles. The Hall–Kier alpha value is -2.63. The second-order valence-electron chi connectivity index (χ2n) is 5.28. The molecule has 0 radical (unpaired) electrons. The molecule has 0 saturated carbocycles. The average Bonchev–Trinajstić information content (AvgIpc) is 2.84. The summed E-state index contributed by atoms with van der Waals surface area (Å²) in [4.78, 5) is 23.7. The third-order valence-corrected chi connectivity index (χ3v) is 3.68. The predicted molar refractivity (Wildman–Crippen MR) is 81.4 cm³/mol. The van der Waals surface area contributed by atoms with Gasteiger partial charge in [-0.05, 0) is 25.5 Å². The number of aryl methyl sites for hydroxylation is 2. The van der Waals surface area contributed by atoms with Crippen LogP contribution in [-0.4, -0.2) is 26.8 Å². The minimum atomic E-state index is -0.966. The Morgan fingerprint density at radius 2 is 1.91 bits per heavy atom. The largest absolute Gasteiger partial charge is 0.481 e.